The van der Waals surface area contributed by atoms with Crippen molar-refractivity contribution in [3.05, 3.63) is 62.9 Å². The molecule has 0 aliphatic carbocycles. The normalized spacial score (nSPS) is 10.2. The quantitative estimate of drug-likeness (QED) is 0.683. The van der Waals surface area contributed by atoms with Crippen molar-refractivity contribution in [3.8, 4) is 11.5 Å². The maximum absolute atomic E-state index is 13.5. The van der Waals surface area contributed by atoms with Gasteiger partial charge in [-0.3, -0.25) is 10.1 Å². The van der Waals surface area contributed by atoms with E-state index in [1.54, 1.807) is 0 Å². The number of rotatable bonds is 4. The molecule has 21 heavy (non-hydrogen) atoms. The van der Waals surface area contributed by atoms with Crippen molar-refractivity contribution < 1.29 is 24.0 Å². The third-order valence-electron chi connectivity index (χ3n) is 2.53. The van der Waals surface area contributed by atoms with Crippen molar-refractivity contribution in [1.29, 1.82) is 0 Å². The number of hydrogen-bond donors (Lipinski definition) is 1. The summed E-state index contributed by atoms with van der Waals surface area (Å²) in [6.45, 7) is 0. The van der Waals surface area contributed by atoms with Gasteiger partial charge in [0.2, 0.25) is 5.75 Å². The van der Waals surface area contributed by atoms with Gasteiger partial charge in [0.1, 0.15) is 17.1 Å². The summed E-state index contributed by atoms with van der Waals surface area (Å²) in [5.41, 5.74) is -1.16. The first-order chi connectivity index (χ1) is 9.90. The van der Waals surface area contributed by atoms with Gasteiger partial charge in [-0.1, -0.05) is 17.7 Å². The molecule has 0 aromatic heterocycles. The fraction of sp³-hybridized carbons (Fsp3) is 0. The fourth-order valence-electron chi connectivity index (χ4n) is 1.63. The first-order valence-corrected chi connectivity index (χ1v) is 5.91. The Bertz CT molecular complexity index is 734. The molecule has 0 saturated carbocycles. The van der Waals surface area contributed by atoms with Gasteiger partial charge < -0.3 is 9.84 Å². The lowest BCUT2D eigenvalue weighted by molar-refractivity contribution is -0.385. The maximum Gasteiger partial charge on any atom is 0.342 e. The number of halogens is 2. The van der Waals surface area contributed by atoms with Gasteiger partial charge in [0.05, 0.1) is 4.92 Å². The Morgan fingerprint density at radius 3 is 2.62 bits per heavy atom. The molecule has 0 radical (unpaired) electrons. The number of hydrogen-bond acceptors (Lipinski definition) is 4. The molecule has 0 unspecified atom stereocenters. The number of nitro benzene ring substituents is 1. The highest BCUT2D eigenvalue weighted by atomic mass is 35.5. The van der Waals surface area contributed by atoms with Crippen molar-refractivity contribution in [3.63, 3.8) is 0 Å². The van der Waals surface area contributed by atoms with E-state index in [0.717, 1.165) is 12.1 Å². The molecule has 2 aromatic rings. The first-order valence-electron chi connectivity index (χ1n) is 5.53. The van der Waals surface area contributed by atoms with Crippen molar-refractivity contribution in [1.82, 2.24) is 0 Å². The average molecular weight is 312 g/mol. The van der Waals surface area contributed by atoms with E-state index in [-0.39, 0.29) is 16.5 Å². The smallest absolute Gasteiger partial charge is 0.342 e. The predicted octanol–water partition coefficient (Wildman–Crippen LogP) is 3.88. The lowest BCUT2D eigenvalue weighted by atomic mass is 10.2. The zero-order valence-corrected chi connectivity index (χ0v) is 11.0. The fourth-order valence-corrected chi connectivity index (χ4v) is 1.80. The van der Waals surface area contributed by atoms with Crippen LogP contribution in [0.15, 0.2) is 36.4 Å². The summed E-state index contributed by atoms with van der Waals surface area (Å²) < 4.78 is 18.7. The molecule has 0 atom stereocenters. The molecule has 1 N–H and O–H groups in total. The minimum Gasteiger partial charge on any atom is -0.477 e. The van der Waals surface area contributed by atoms with Gasteiger partial charge in [-0.2, -0.15) is 0 Å². The Labute approximate surface area is 122 Å². The third-order valence-corrected chi connectivity index (χ3v) is 2.76. The van der Waals surface area contributed by atoms with E-state index in [1.165, 1.54) is 24.3 Å². The molecule has 0 heterocycles. The van der Waals surface area contributed by atoms with Crippen molar-refractivity contribution in [2.45, 2.75) is 0 Å². The largest absolute Gasteiger partial charge is 0.477 e. The maximum atomic E-state index is 13.5. The minimum absolute atomic E-state index is 0.117. The molecule has 0 saturated heterocycles. The van der Waals surface area contributed by atoms with E-state index >= 15 is 0 Å². The first kappa shape index (κ1) is 14.7. The summed E-state index contributed by atoms with van der Waals surface area (Å²) >= 11 is 5.66. The minimum atomic E-state index is -1.54. The SMILES string of the molecule is O=C(O)c1c(F)cccc1Oc1ccc(Cl)cc1[N+](=O)[O-]. The molecular weight excluding hydrogens is 305 g/mol. The molecule has 0 spiro atoms. The van der Waals surface area contributed by atoms with E-state index in [1.807, 2.05) is 0 Å². The Hall–Kier alpha value is -2.67. The molecule has 0 aliphatic heterocycles. The number of nitro groups is 1. The molecule has 2 aromatic carbocycles. The van der Waals surface area contributed by atoms with E-state index in [4.69, 9.17) is 21.4 Å². The third kappa shape index (κ3) is 3.09. The lowest BCUT2D eigenvalue weighted by Crippen LogP contribution is -2.04. The number of carbonyl (C=O) groups is 1. The lowest BCUT2D eigenvalue weighted by Gasteiger charge is -2.09. The van der Waals surface area contributed by atoms with Gasteiger partial charge in [-0.15, -0.1) is 0 Å². The molecule has 8 heteroatoms. The molecule has 108 valence electrons. The van der Waals surface area contributed by atoms with Crippen LogP contribution in [0.5, 0.6) is 11.5 Å². The van der Waals surface area contributed by atoms with Crippen LogP contribution < -0.4 is 4.74 Å². The van der Waals surface area contributed by atoms with Crippen LogP contribution in [0.2, 0.25) is 5.02 Å². The molecule has 2 rings (SSSR count). The topological polar surface area (TPSA) is 89.7 Å². The van der Waals surface area contributed by atoms with Gasteiger partial charge in [-0.05, 0) is 24.3 Å². The number of ether oxygens (including phenoxy) is 1. The van der Waals surface area contributed by atoms with E-state index in [9.17, 15) is 19.3 Å². The van der Waals surface area contributed by atoms with E-state index < -0.39 is 28.0 Å². The molecular formula is C13H7ClFNO5. The second-order valence-corrected chi connectivity index (χ2v) is 4.33. The van der Waals surface area contributed by atoms with Gasteiger partial charge in [0.15, 0.2) is 0 Å². The second kappa shape index (κ2) is 5.76. The summed E-state index contributed by atoms with van der Waals surface area (Å²) in [6.07, 6.45) is 0. The average Bonchev–Trinajstić information content (AvgIpc) is 2.40. The van der Waals surface area contributed by atoms with Crippen molar-refractivity contribution in [2.75, 3.05) is 0 Å². The number of aromatic carboxylic acids is 1. The zero-order valence-electron chi connectivity index (χ0n) is 10.2. The van der Waals surface area contributed by atoms with Gasteiger partial charge in [-0.25, -0.2) is 9.18 Å². The number of carboxylic acids is 1. The van der Waals surface area contributed by atoms with Gasteiger partial charge in [0, 0.05) is 11.1 Å². The second-order valence-electron chi connectivity index (χ2n) is 3.89. The Morgan fingerprint density at radius 2 is 2.00 bits per heavy atom. The summed E-state index contributed by atoms with van der Waals surface area (Å²) in [4.78, 5) is 21.2. The summed E-state index contributed by atoms with van der Waals surface area (Å²) in [6, 6.07) is 6.98. The van der Waals surface area contributed by atoms with Crippen LogP contribution in [-0.2, 0) is 0 Å². The highest BCUT2D eigenvalue weighted by Crippen LogP contribution is 2.35. The van der Waals surface area contributed by atoms with Crippen LogP contribution in [-0.4, -0.2) is 16.0 Å². The number of benzene rings is 2. The summed E-state index contributed by atoms with van der Waals surface area (Å²) in [5.74, 6) is -3.12. The van der Waals surface area contributed by atoms with E-state index in [0.29, 0.717) is 0 Å². The molecule has 0 fully saturated rings. The van der Waals surface area contributed by atoms with Crippen LogP contribution in [0.4, 0.5) is 10.1 Å². The van der Waals surface area contributed by atoms with Gasteiger partial charge in [0.25, 0.3) is 0 Å². The van der Waals surface area contributed by atoms with Crippen molar-refractivity contribution in [2.24, 2.45) is 0 Å². The summed E-state index contributed by atoms with van der Waals surface area (Å²) in [5, 5.41) is 20.0. The van der Waals surface area contributed by atoms with Crippen LogP contribution in [0.1, 0.15) is 10.4 Å². The van der Waals surface area contributed by atoms with E-state index in [2.05, 4.69) is 0 Å². The highest BCUT2D eigenvalue weighted by molar-refractivity contribution is 6.30. The Morgan fingerprint density at radius 1 is 1.29 bits per heavy atom. The summed E-state index contributed by atoms with van der Waals surface area (Å²) in [7, 11) is 0. The van der Waals surface area contributed by atoms with Crippen molar-refractivity contribution >= 4 is 23.3 Å². The van der Waals surface area contributed by atoms with Crippen LogP contribution >= 0.6 is 11.6 Å². The standard InChI is InChI=1S/C13H7ClFNO5/c14-7-4-5-10(9(6-7)16(19)20)21-11-3-1-2-8(15)12(11)13(17)18/h1-6H,(H,17,18). The van der Waals surface area contributed by atoms with Gasteiger partial charge >= 0.3 is 11.7 Å². The number of nitrogens with zero attached hydrogens (tertiary/aromatic N) is 1. The monoisotopic (exact) mass is 311 g/mol. The molecule has 0 amide bonds. The van der Waals surface area contributed by atoms with Crippen LogP contribution in [0.3, 0.4) is 0 Å². The highest BCUT2D eigenvalue weighted by Gasteiger charge is 2.21. The van der Waals surface area contributed by atoms with Crippen LogP contribution in [0.25, 0.3) is 0 Å². The molecule has 6 nitrogen and oxygen atoms in total. The zero-order chi connectivity index (χ0) is 15.6. The molecule has 0 bridgehead atoms. The molecule has 0 aliphatic rings. The predicted molar refractivity (Wildman–Crippen MR) is 71.5 cm³/mol. The Kier molecular flexibility index (Phi) is 4.04. The van der Waals surface area contributed by atoms with Crippen LogP contribution in [0, 0.1) is 15.9 Å². The number of carboxylic acid groups (broad SMARTS) is 1. The Balaban J connectivity index is 2.51.